The van der Waals surface area contributed by atoms with E-state index in [1.54, 1.807) is 21.7 Å². The van der Waals surface area contributed by atoms with E-state index < -0.39 is 11.7 Å². The Kier molecular flexibility index (Phi) is 4.10. The number of aliphatic hydroxyl groups excluding tert-OH is 1. The van der Waals surface area contributed by atoms with E-state index in [1.165, 1.54) is 0 Å². The third-order valence-electron chi connectivity index (χ3n) is 3.01. The Bertz CT molecular complexity index is 428. The maximum absolute atomic E-state index is 11.9. The molecule has 1 fully saturated rings. The smallest absolute Gasteiger partial charge is 0.410 e. The van der Waals surface area contributed by atoms with Gasteiger partial charge in [-0.2, -0.15) is 0 Å². The number of amides is 1. The molecule has 5 nitrogen and oxygen atoms in total. The van der Waals surface area contributed by atoms with Crippen LogP contribution in [0.1, 0.15) is 26.5 Å². The second-order valence-corrected chi connectivity index (χ2v) is 6.62. The predicted molar refractivity (Wildman–Crippen MR) is 73.1 cm³/mol. The monoisotopic (exact) mass is 284 g/mol. The molecule has 1 aromatic heterocycles. The number of thiazole rings is 1. The van der Waals surface area contributed by atoms with Gasteiger partial charge in [0, 0.05) is 17.8 Å². The van der Waals surface area contributed by atoms with Crippen LogP contribution in [-0.2, 0) is 11.2 Å². The lowest BCUT2D eigenvalue weighted by molar-refractivity contribution is 0.0269. The second kappa shape index (κ2) is 5.46. The van der Waals surface area contributed by atoms with Gasteiger partial charge in [0.15, 0.2) is 0 Å². The number of hydrogen-bond acceptors (Lipinski definition) is 5. The van der Waals surface area contributed by atoms with E-state index in [0.29, 0.717) is 19.5 Å². The summed E-state index contributed by atoms with van der Waals surface area (Å²) >= 11 is 1.54. The molecule has 0 bridgehead atoms. The van der Waals surface area contributed by atoms with Gasteiger partial charge in [-0.05, 0) is 27.2 Å². The van der Waals surface area contributed by atoms with E-state index in [-0.39, 0.29) is 12.0 Å². The van der Waals surface area contributed by atoms with Crippen LogP contribution >= 0.6 is 11.3 Å². The lowest BCUT2D eigenvalue weighted by Crippen LogP contribution is -2.35. The van der Waals surface area contributed by atoms with E-state index in [9.17, 15) is 9.90 Å². The standard InChI is InChI=1S/C13H20N2O3S/c1-13(2,3)18-12(17)15-5-9(11(16)6-15)4-10-7-19-8-14-10/h7-9,11,16H,4-6H2,1-3H3/t9-,11-/m1/s1. The number of β-amino-alcohol motifs (C(OH)–C–C–N with tert-alkyl or cyclic N) is 1. The third-order valence-corrected chi connectivity index (χ3v) is 3.65. The Labute approximate surface area is 117 Å². The van der Waals surface area contributed by atoms with Crippen molar-refractivity contribution in [1.82, 2.24) is 9.88 Å². The molecule has 1 saturated heterocycles. The van der Waals surface area contributed by atoms with E-state index in [4.69, 9.17) is 4.74 Å². The van der Waals surface area contributed by atoms with Crippen LogP contribution in [0.25, 0.3) is 0 Å². The number of carbonyl (C=O) groups is 1. The Morgan fingerprint density at radius 3 is 2.89 bits per heavy atom. The number of rotatable bonds is 2. The van der Waals surface area contributed by atoms with Gasteiger partial charge in [-0.1, -0.05) is 0 Å². The molecule has 1 N–H and O–H groups in total. The number of carbonyl (C=O) groups excluding carboxylic acids is 1. The second-order valence-electron chi connectivity index (χ2n) is 5.90. The molecule has 0 aliphatic carbocycles. The highest BCUT2D eigenvalue weighted by atomic mass is 32.1. The van der Waals surface area contributed by atoms with Gasteiger partial charge in [0.1, 0.15) is 5.60 Å². The van der Waals surface area contributed by atoms with Gasteiger partial charge in [0.05, 0.1) is 23.9 Å². The molecule has 2 rings (SSSR count). The summed E-state index contributed by atoms with van der Waals surface area (Å²) in [5.41, 5.74) is 2.25. The zero-order chi connectivity index (χ0) is 14.0. The normalized spacial score (nSPS) is 23.7. The number of likely N-dealkylation sites (tertiary alicyclic amines) is 1. The molecule has 1 aliphatic rings. The average Bonchev–Trinajstić information content (AvgIpc) is 2.88. The molecule has 6 heteroatoms. The molecule has 0 unspecified atom stereocenters. The van der Waals surface area contributed by atoms with Crippen molar-refractivity contribution in [3.05, 3.63) is 16.6 Å². The largest absolute Gasteiger partial charge is 0.444 e. The summed E-state index contributed by atoms with van der Waals surface area (Å²) in [6.45, 7) is 6.37. The molecule has 1 aliphatic heterocycles. The molecule has 1 aromatic rings. The molecule has 0 aromatic carbocycles. The molecule has 0 spiro atoms. The first-order valence-corrected chi connectivity index (χ1v) is 7.32. The lowest BCUT2D eigenvalue weighted by atomic mass is 10.0. The summed E-state index contributed by atoms with van der Waals surface area (Å²) in [7, 11) is 0. The summed E-state index contributed by atoms with van der Waals surface area (Å²) in [6, 6.07) is 0. The molecule has 2 heterocycles. The van der Waals surface area contributed by atoms with E-state index >= 15 is 0 Å². The van der Waals surface area contributed by atoms with Crippen molar-refractivity contribution >= 4 is 17.4 Å². The van der Waals surface area contributed by atoms with Crippen LogP contribution in [0.15, 0.2) is 10.9 Å². The third kappa shape index (κ3) is 3.91. The molecular formula is C13H20N2O3S. The lowest BCUT2D eigenvalue weighted by Gasteiger charge is -2.24. The van der Waals surface area contributed by atoms with Gasteiger partial charge >= 0.3 is 6.09 Å². The van der Waals surface area contributed by atoms with Crippen LogP contribution in [0, 0.1) is 5.92 Å². The number of aromatic nitrogens is 1. The minimum absolute atomic E-state index is 0.0367. The number of ether oxygens (including phenoxy) is 1. The first-order valence-electron chi connectivity index (χ1n) is 6.38. The Balaban J connectivity index is 1.91. The maximum Gasteiger partial charge on any atom is 0.410 e. The SMILES string of the molecule is CC(C)(C)OC(=O)N1C[C@@H](Cc2cscn2)[C@H](O)C1. The Morgan fingerprint density at radius 2 is 2.32 bits per heavy atom. The summed E-state index contributed by atoms with van der Waals surface area (Å²) in [6.07, 6.45) is -0.161. The molecule has 2 atom stereocenters. The number of hydrogen-bond donors (Lipinski definition) is 1. The van der Waals surface area contributed by atoms with Crippen LogP contribution in [0.5, 0.6) is 0 Å². The maximum atomic E-state index is 11.9. The molecular weight excluding hydrogens is 264 g/mol. The topological polar surface area (TPSA) is 62.7 Å². The summed E-state index contributed by atoms with van der Waals surface area (Å²) in [5, 5.41) is 12.0. The van der Waals surface area contributed by atoms with Gasteiger partial charge in [0.25, 0.3) is 0 Å². The van der Waals surface area contributed by atoms with Crippen LogP contribution in [-0.4, -0.2) is 45.9 Å². The van der Waals surface area contributed by atoms with Crippen molar-refractivity contribution in [2.75, 3.05) is 13.1 Å². The highest BCUT2D eigenvalue weighted by Gasteiger charge is 2.36. The van der Waals surface area contributed by atoms with Crippen molar-refractivity contribution in [2.24, 2.45) is 5.92 Å². The van der Waals surface area contributed by atoms with Gasteiger partial charge in [0.2, 0.25) is 0 Å². The Morgan fingerprint density at radius 1 is 1.58 bits per heavy atom. The zero-order valence-corrected chi connectivity index (χ0v) is 12.3. The first kappa shape index (κ1) is 14.3. The minimum atomic E-state index is -0.505. The van der Waals surface area contributed by atoms with Crippen molar-refractivity contribution in [2.45, 2.75) is 38.9 Å². The summed E-state index contributed by atoms with van der Waals surface area (Å²) in [5.74, 6) is 0.0367. The fourth-order valence-corrected chi connectivity index (χ4v) is 2.71. The molecule has 19 heavy (non-hydrogen) atoms. The number of nitrogens with zero attached hydrogens (tertiary/aromatic N) is 2. The fraction of sp³-hybridized carbons (Fsp3) is 0.692. The van der Waals surface area contributed by atoms with Crippen LogP contribution < -0.4 is 0 Å². The fourth-order valence-electron chi connectivity index (χ4n) is 2.14. The van der Waals surface area contributed by atoms with E-state index in [1.807, 2.05) is 26.2 Å². The van der Waals surface area contributed by atoms with Crippen molar-refractivity contribution in [3.63, 3.8) is 0 Å². The molecule has 1 amide bonds. The van der Waals surface area contributed by atoms with Crippen LogP contribution in [0.3, 0.4) is 0 Å². The Hall–Kier alpha value is -1.14. The number of aliphatic hydroxyl groups is 1. The molecule has 0 radical (unpaired) electrons. The van der Waals surface area contributed by atoms with Gasteiger partial charge in [-0.15, -0.1) is 11.3 Å². The van der Waals surface area contributed by atoms with Gasteiger partial charge in [-0.25, -0.2) is 9.78 Å². The van der Waals surface area contributed by atoms with Crippen molar-refractivity contribution < 1.29 is 14.6 Å². The van der Waals surface area contributed by atoms with E-state index in [0.717, 1.165) is 5.69 Å². The van der Waals surface area contributed by atoms with Gasteiger partial charge < -0.3 is 14.7 Å². The average molecular weight is 284 g/mol. The summed E-state index contributed by atoms with van der Waals surface area (Å²) < 4.78 is 5.32. The predicted octanol–water partition coefficient (Wildman–Crippen LogP) is 1.91. The first-order chi connectivity index (χ1) is 8.85. The highest BCUT2D eigenvalue weighted by Crippen LogP contribution is 2.23. The highest BCUT2D eigenvalue weighted by molar-refractivity contribution is 7.07. The molecule has 106 valence electrons. The van der Waals surface area contributed by atoms with E-state index in [2.05, 4.69) is 4.98 Å². The minimum Gasteiger partial charge on any atom is -0.444 e. The van der Waals surface area contributed by atoms with Crippen molar-refractivity contribution in [3.8, 4) is 0 Å². The van der Waals surface area contributed by atoms with Crippen molar-refractivity contribution in [1.29, 1.82) is 0 Å². The quantitative estimate of drug-likeness (QED) is 0.901. The van der Waals surface area contributed by atoms with Crippen LogP contribution in [0.4, 0.5) is 4.79 Å². The van der Waals surface area contributed by atoms with Gasteiger partial charge in [-0.3, -0.25) is 0 Å². The van der Waals surface area contributed by atoms with Crippen LogP contribution in [0.2, 0.25) is 0 Å². The molecule has 0 saturated carbocycles. The summed E-state index contributed by atoms with van der Waals surface area (Å²) in [4.78, 5) is 17.7. The zero-order valence-electron chi connectivity index (χ0n) is 11.5.